The van der Waals surface area contributed by atoms with Crippen molar-refractivity contribution in [1.82, 2.24) is 5.32 Å². The van der Waals surface area contributed by atoms with Gasteiger partial charge in [-0.3, -0.25) is 0 Å². The van der Waals surface area contributed by atoms with Crippen LogP contribution < -0.4 is 5.32 Å². The van der Waals surface area contributed by atoms with Crippen LogP contribution in [0.1, 0.15) is 51.0 Å². The van der Waals surface area contributed by atoms with Crippen molar-refractivity contribution in [3.8, 4) is 11.3 Å². The molecule has 0 aliphatic carbocycles. The van der Waals surface area contributed by atoms with Gasteiger partial charge in [-0.2, -0.15) is 0 Å². The van der Waals surface area contributed by atoms with E-state index in [1.165, 1.54) is 11.1 Å². The number of nitrogens with one attached hydrogen (secondary N) is 1. The van der Waals surface area contributed by atoms with Gasteiger partial charge in [0.15, 0.2) is 0 Å². The van der Waals surface area contributed by atoms with E-state index in [0.717, 1.165) is 37.3 Å². The molecular weight excluding hydrogens is 246 g/mol. The van der Waals surface area contributed by atoms with Gasteiger partial charge in [0.1, 0.15) is 11.5 Å². The molecule has 0 saturated heterocycles. The molecule has 1 heterocycles. The molecule has 2 aromatic rings. The second kappa shape index (κ2) is 7.30. The molecule has 1 unspecified atom stereocenters. The summed E-state index contributed by atoms with van der Waals surface area (Å²) >= 11 is 0. The molecule has 1 aromatic carbocycles. The van der Waals surface area contributed by atoms with E-state index in [4.69, 9.17) is 4.42 Å². The Bertz CT molecular complexity index is 530. The minimum absolute atomic E-state index is 0.312. The van der Waals surface area contributed by atoms with Crippen molar-refractivity contribution in [2.75, 3.05) is 6.54 Å². The van der Waals surface area contributed by atoms with Gasteiger partial charge in [0.2, 0.25) is 0 Å². The minimum Gasteiger partial charge on any atom is -0.459 e. The second-order valence-corrected chi connectivity index (χ2v) is 5.13. The first kappa shape index (κ1) is 14.9. The van der Waals surface area contributed by atoms with E-state index in [2.05, 4.69) is 62.5 Å². The third-order valence-corrected chi connectivity index (χ3v) is 3.63. The fraction of sp³-hybridized carbons (Fsp3) is 0.444. The van der Waals surface area contributed by atoms with Crippen molar-refractivity contribution >= 4 is 0 Å². The lowest BCUT2D eigenvalue weighted by Gasteiger charge is -2.12. The number of furan rings is 1. The number of aryl methyl sites for hydroxylation is 1. The Morgan fingerprint density at radius 1 is 1.05 bits per heavy atom. The van der Waals surface area contributed by atoms with Crippen LogP contribution in [0.4, 0.5) is 0 Å². The molecule has 1 aromatic heterocycles. The molecule has 0 radical (unpaired) electrons. The maximum absolute atomic E-state index is 6.10. The molecule has 1 atom stereocenters. The molecule has 20 heavy (non-hydrogen) atoms. The zero-order valence-corrected chi connectivity index (χ0v) is 12.8. The van der Waals surface area contributed by atoms with E-state index < -0.39 is 0 Å². The highest BCUT2D eigenvalue weighted by atomic mass is 16.3. The Morgan fingerprint density at radius 2 is 1.85 bits per heavy atom. The zero-order chi connectivity index (χ0) is 14.4. The first-order chi connectivity index (χ1) is 9.80. The summed E-state index contributed by atoms with van der Waals surface area (Å²) in [6.07, 6.45) is 3.29. The molecule has 0 bridgehead atoms. The van der Waals surface area contributed by atoms with Crippen LogP contribution in [0.15, 0.2) is 40.8 Å². The third kappa shape index (κ3) is 3.31. The maximum Gasteiger partial charge on any atom is 0.134 e. The van der Waals surface area contributed by atoms with Gasteiger partial charge in [-0.25, -0.2) is 0 Å². The number of hydrogen-bond donors (Lipinski definition) is 1. The van der Waals surface area contributed by atoms with E-state index in [-0.39, 0.29) is 0 Å². The predicted molar refractivity (Wildman–Crippen MR) is 84.8 cm³/mol. The van der Waals surface area contributed by atoms with Crippen molar-refractivity contribution < 1.29 is 4.42 Å². The monoisotopic (exact) mass is 271 g/mol. The van der Waals surface area contributed by atoms with Crippen LogP contribution in [-0.2, 0) is 6.42 Å². The Kier molecular flexibility index (Phi) is 5.42. The molecule has 2 nitrogen and oxygen atoms in total. The maximum atomic E-state index is 6.10. The summed E-state index contributed by atoms with van der Waals surface area (Å²) in [4.78, 5) is 0. The molecule has 0 aliphatic heterocycles. The van der Waals surface area contributed by atoms with Crippen molar-refractivity contribution in [2.45, 2.75) is 46.1 Å². The topological polar surface area (TPSA) is 25.2 Å². The first-order valence-electron chi connectivity index (χ1n) is 7.71. The lowest BCUT2D eigenvalue weighted by atomic mass is 10.0. The van der Waals surface area contributed by atoms with Crippen LogP contribution in [0.3, 0.4) is 0 Å². The summed E-state index contributed by atoms with van der Waals surface area (Å²) in [5.41, 5.74) is 2.60. The van der Waals surface area contributed by atoms with Crippen LogP contribution in [-0.4, -0.2) is 6.54 Å². The van der Waals surface area contributed by atoms with Crippen molar-refractivity contribution in [2.24, 2.45) is 0 Å². The number of benzene rings is 1. The van der Waals surface area contributed by atoms with E-state index in [1.807, 2.05) is 0 Å². The van der Waals surface area contributed by atoms with Gasteiger partial charge in [0.05, 0.1) is 6.04 Å². The molecule has 0 amide bonds. The number of rotatable bonds is 7. The molecule has 0 spiro atoms. The van der Waals surface area contributed by atoms with Crippen molar-refractivity contribution in [3.05, 3.63) is 47.7 Å². The van der Waals surface area contributed by atoms with Gasteiger partial charge >= 0.3 is 0 Å². The number of hydrogen-bond acceptors (Lipinski definition) is 2. The summed E-state index contributed by atoms with van der Waals surface area (Å²) < 4.78 is 6.10. The fourth-order valence-electron chi connectivity index (χ4n) is 2.63. The average molecular weight is 271 g/mol. The molecular formula is C18H25NO. The second-order valence-electron chi connectivity index (χ2n) is 5.13. The van der Waals surface area contributed by atoms with Crippen molar-refractivity contribution in [3.63, 3.8) is 0 Å². The standard InChI is InChI=1S/C18H25NO/c1-4-9-14-10-7-8-11-15(14)17-12-13-18(20-17)16(5-2)19-6-3/h7-8,10-13,16,19H,4-6,9H2,1-3H3. The molecule has 2 heteroatoms. The van der Waals surface area contributed by atoms with Crippen LogP contribution >= 0.6 is 0 Å². The minimum atomic E-state index is 0.312. The summed E-state index contributed by atoms with van der Waals surface area (Å²) in [6.45, 7) is 7.48. The summed E-state index contributed by atoms with van der Waals surface area (Å²) in [6, 6.07) is 13.1. The Hall–Kier alpha value is -1.54. The van der Waals surface area contributed by atoms with Gasteiger partial charge in [-0.05, 0) is 37.1 Å². The van der Waals surface area contributed by atoms with Gasteiger partial charge in [0.25, 0.3) is 0 Å². The van der Waals surface area contributed by atoms with E-state index >= 15 is 0 Å². The van der Waals surface area contributed by atoms with Gasteiger partial charge in [-0.1, -0.05) is 51.5 Å². The molecule has 1 N–H and O–H groups in total. The van der Waals surface area contributed by atoms with E-state index in [1.54, 1.807) is 0 Å². The molecule has 0 fully saturated rings. The smallest absolute Gasteiger partial charge is 0.134 e. The lowest BCUT2D eigenvalue weighted by Crippen LogP contribution is -2.19. The third-order valence-electron chi connectivity index (χ3n) is 3.63. The van der Waals surface area contributed by atoms with Crippen LogP contribution in [0, 0.1) is 0 Å². The Balaban J connectivity index is 2.28. The highest BCUT2D eigenvalue weighted by molar-refractivity contribution is 5.62. The fourth-order valence-corrected chi connectivity index (χ4v) is 2.63. The Morgan fingerprint density at radius 3 is 2.55 bits per heavy atom. The van der Waals surface area contributed by atoms with Crippen molar-refractivity contribution in [1.29, 1.82) is 0 Å². The Labute approximate surface area is 122 Å². The zero-order valence-electron chi connectivity index (χ0n) is 12.8. The molecule has 2 rings (SSSR count). The van der Waals surface area contributed by atoms with Crippen LogP contribution in [0.5, 0.6) is 0 Å². The van der Waals surface area contributed by atoms with E-state index in [0.29, 0.717) is 6.04 Å². The average Bonchev–Trinajstić information content (AvgIpc) is 2.95. The van der Waals surface area contributed by atoms with Crippen LogP contribution in [0.2, 0.25) is 0 Å². The summed E-state index contributed by atoms with van der Waals surface area (Å²) in [7, 11) is 0. The first-order valence-corrected chi connectivity index (χ1v) is 7.71. The van der Waals surface area contributed by atoms with E-state index in [9.17, 15) is 0 Å². The van der Waals surface area contributed by atoms with Gasteiger partial charge in [0, 0.05) is 5.56 Å². The predicted octanol–water partition coefficient (Wildman–Crippen LogP) is 4.96. The highest BCUT2D eigenvalue weighted by Gasteiger charge is 2.14. The molecule has 108 valence electrons. The lowest BCUT2D eigenvalue weighted by molar-refractivity contribution is 0.417. The molecule has 0 saturated carbocycles. The SMILES string of the molecule is CCCc1ccccc1-c1ccc(C(CC)NCC)o1. The molecule has 0 aliphatic rings. The quantitative estimate of drug-likeness (QED) is 0.770. The normalized spacial score (nSPS) is 12.6. The summed E-state index contributed by atoms with van der Waals surface area (Å²) in [5.74, 6) is 2.02. The highest BCUT2D eigenvalue weighted by Crippen LogP contribution is 2.29. The van der Waals surface area contributed by atoms with Gasteiger partial charge in [-0.15, -0.1) is 0 Å². The summed E-state index contributed by atoms with van der Waals surface area (Å²) in [5, 5.41) is 3.46. The largest absolute Gasteiger partial charge is 0.459 e. The van der Waals surface area contributed by atoms with Gasteiger partial charge < -0.3 is 9.73 Å². The van der Waals surface area contributed by atoms with Crippen LogP contribution in [0.25, 0.3) is 11.3 Å².